The minimum absolute atomic E-state index is 0.0307. The van der Waals surface area contributed by atoms with Crippen LogP contribution in [0.1, 0.15) is 17.1 Å². The van der Waals surface area contributed by atoms with Crippen molar-refractivity contribution in [3.63, 3.8) is 0 Å². The maximum Gasteiger partial charge on any atom is 0.264 e. The third kappa shape index (κ3) is 5.78. The molecule has 0 saturated heterocycles. The molecule has 9 nitrogen and oxygen atoms in total. The van der Waals surface area contributed by atoms with Gasteiger partial charge in [0.1, 0.15) is 29.6 Å². The Balaban J connectivity index is 1.93. The highest BCUT2D eigenvalue weighted by Gasteiger charge is 2.29. The van der Waals surface area contributed by atoms with Gasteiger partial charge in [-0.1, -0.05) is 17.7 Å². The smallest absolute Gasteiger partial charge is 0.264 e. The van der Waals surface area contributed by atoms with Gasteiger partial charge in [0.2, 0.25) is 0 Å². The molecular weight excluding hydrogens is 526 g/mol. The second kappa shape index (κ2) is 10.7. The number of hydrogen-bond acceptors (Lipinski definition) is 7. The fourth-order valence-electron chi connectivity index (χ4n) is 3.01. The number of rotatable bonds is 9. The van der Waals surface area contributed by atoms with Gasteiger partial charge < -0.3 is 13.9 Å². The lowest BCUT2D eigenvalue weighted by Crippen LogP contribution is -2.39. The summed E-state index contributed by atoms with van der Waals surface area (Å²) in [5.41, 5.74) is 3.41. The Bertz CT molecular complexity index is 1280. The van der Waals surface area contributed by atoms with Crippen LogP contribution in [0.4, 0.5) is 5.69 Å². The highest BCUT2D eigenvalue weighted by atomic mass is 79.9. The molecule has 0 aliphatic heterocycles. The number of methoxy groups -OCH3 is 2. The Kier molecular flexibility index (Phi) is 8.00. The van der Waals surface area contributed by atoms with Crippen LogP contribution in [0, 0.1) is 13.8 Å². The van der Waals surface area contributed by atoms with Crippen LogP contribution in [0.5, 0.6) is 11.5 Å². The summed E-state index contributed by atoms with van der Waals surface area (Å²) >= 11 is 3.33. The topological polar surface area (TPSA) is 110 Å². The molecule has 3 aromatic rings. The van der Waals surface area contributed by atoms with Crippen molar-refractivity contribution >= 4 is 43.8 Å². The third-order valence-corrected chi connectivity index (χ3v) is 7.37. The van der Waals surface area contributed by atoms with E-state index in [4.69, 9.17) is 13.9 Å². The first-order chi connectivity index (χ1) is 16.1. The molecular formula is C23H24BrN3O6S. The number of furan rings is 1. The Labute approximate surface area is 206 Å². The van der Waals surface area contributed by atoms with Crippen LogP contribution >= 0.6 is 15.9 Å². The number of aryl methyl sites for hydroxylation is 2. The molecule has 1 aromatic heterocycles. The fraction of sp³-hybridized carbons (Fsp3) is 0.217. The first kappa shape index (κ1) is 25.3. The van der Waals surface area contributed by atoms with Crippen molar-refractivity contribution in [3.8, 4) is 11.5 Å². The van der Waals surface area contributed by atoms with Crippen LogP contribution in [-0.2, 0) is 14.8 Å². The van der Waals surface area contributed by atoms with Gasteiger partial charge >= 0.3 is 0 Å². The van der Waals surface area contributed by atoms with Crippen molar-refractivity contribution in [2.45, 2.75) is 18.7 Å². The highest BCUT2D eigenvalue weighted by Crippen LogP contribution is 2.35. The van der Waals surface area contributed by atoms with E-state index < -0.39 is 22.5 Å². The zero-order valence-corrected chi connectivity index (χ0v) is 21.4. The molecule has 0 atom stereocenters. The zero-order chi connectivity index (χ0) is 24.9. The van der Waals surface area contributed by atoms with Crippen LogP contribution in [0.2, 0.25) is 0 Å². The summed E-state index contributed by atoms with van der Waals surface area (Å²) in [6.07, 6.45) is 1.32. The number of nitrogens with one attached hydrogen (secondary N) is 1. The first-order valence-corrected chi connectivity index (χ1v) is 12.3. The molecule has 11 heteroatoms. The van der Waals surface area contributed by atoms with Crippen molar-refractivity contribution in [2.24, 2.45) is 5.10 Å². The lowest BCUT2D eigenvalue weighted by molar-refractivity contribution is -0.119. The molecule has 3 rings (SSSR count). The third-order valence-electron chi connectivity index (χ3n) is 4.81. The molecule has 1 amide bonds. The summed E-state index contributed by atoms with van der Waals surface area (Å²) < 4.78 is 44.8. The van der Waals surface area contributed by atoms with E-state index in [0.717, 1.165) is 14.3 Å². The summed E-state index contributed by atoms with van der Waals surface area (Å²) in [4.78, 5) is 12.7. The van der Waals surface area contributed by atoms with E-state index in [0.29, 0.717) is 17.3 Å². The minimum atomic E-state index is -4.12. The Hall–Kier alpha value is -3.31. The van der Waals surface area contributed by atoms with Crippen LogP contribution in [-0.4, -0.2) is 41.3 Å². The number of sulfonamides is 1. The van der Waals surface area contributed by atoms with Gasteiger partial charge in [-0.2, -0.15) is 5.10 Å². The van der Waals surface area contributed by atoms with Crippen molar-refractivity contribution < 1.29 is 27.1 Å². The lowest BCUT2D eigenvalue weighted by Gasteiger charge is -2.25. The fourth-order valence-corrected chi connectivity index (χ4v) is 4.74. The van der Waals surface area contributed by atoms with E-state index in [-0.39, 0.29) is 16.3 Å². The van der Waals surface area contributed by atoms with Gasteiger partial charge in [0, 0.05) is 12.1 Å². The van der Waals surface area contributed by atoms with Crippen LogP contribution in [0.15, 0.2) is 67.4 Å². The number of halogens is 1. The number of nitrogens with zero attached hydrogens (tertiary/aromatic N) is 2. The SMILES string of the molecule is COc1ccc(N(CC(=O)N/N=C/c2cc(Br)c(C)o2)S(=O)(=O)c2ccc(C)cc2)c(OC)c1. The number of carbonyl (C=O) groups is 1. The first-order valence-electron chi connectivity index (χ1n) is 10.0. The van der Waals surface area contributed by atoms with Crippen molar-refractivity contribution in [1.29, 1.82) is 0 Å². The van der Waals surface area contributed by atoms with Gasteiger partial charge in [-0.05, 0) is 54.0 Å². The van der Waals surface area contributed by atoms with Gasteiger partial charge in [-0.15, -0.1) is 0 Å². The number of benzene rings is 2. The number of ether oxygens (including phenoxy) is 2. The molecule has 0 aliphatic carbocycles. The quantitative estimate of drug-likeness (QED) is 0.318. The summed E-state index contributed by atoms with van der Waals surface area (Å²) in [6.45, 7) is 3.08. The maximum absolute atomic E-state index is 13.5. The van der Waals surface area contributed by atoms with E-state index >= 15 is 0 Å². The van der Waals surface area contributed by atoms with E-state index in [1.807, 2.05) is 6.92 Å². The Morgan fingerprint density at radius 1 is 1.12 bits per heavy atom. The molecule has 34 heavy (non-hydrogen) atoms. The summed E-state index contributed by atoms with van der Waals surface area (Å²) in [6, 6.07) is 12.7. The van der Waals surface area contributed by atoms with Crippen LogP contribution < -0.4 is 19.2 Å². The largest absolute Gasteiger partial charge is 0.497 e. The molecule has 1 N–H and O–H groups in total. The van der Waals surface area contributed by atoms with E-state index in [9.17, 15) is 13.2 Å². The molecule has 0 bridgehead atoms. The lowest BCUT2D eigenvalue weighted by atomic mass is 10.2. The maximum atomic E-state index is 13.5. The van der Waals surface area contributed by atoms with Crippen molar-refractivity contribution in [3.05, 3.63) is 70.1 Å². The standard InChI is InChI=1S/C23H24BrN3O6S/c1-15-5-8-19(9-6-15)34(29,30)27(21-10-7-17(31-3)12-22(21)32-4)14-23(28)26-25-13-18-11-20(24)16(2)33-18/h5-13H,14H2,1-4H3,(H,26,28)/b25-13+. The van der Waals surface area contributed by atoms with Crippen LogP contribution in [0.3, 0.4) is 0 Å². The average molecular weight is 550 g/mol. The van der Waals surface area contributed by atoms with Gasteiger partial charge in [-0.25, -0.2) is 13.8 Å². The predicted octanol–water partition coefficient (Wildman–Crippen LogP) is 4.02. The van der Waals surface area contributed by atoms with Gasteiger partial charge in [-0.3, -0.25) is 9.10 Å². The number of hydrazone groups is 1. The normalized spacial score (nSPS) is 11.4. The molecule has 0 radical (unpaired) electrons. The van der Waals surface area contributed by atoms with Gasteiger partial charge in [0.15, 0.2) is 0 Å². The molecule has 0 aliphatic rings. The van der Waals surface area contributed by atoms with E-state index in [2.05, 4.69) is 26.5 Å². The number of hydrogen-bond donors (Lipinski definition) is 1. The summed E-state index contributed by atoms with van der Waals surface area (Å²) in [7, 11) is -1.23. The van der Waals surface area contributed by atoms with Crippen LogP contribution in [0.25, 0.3) is 0 Å². The molecule has 0 saturated carbocycles. The van der Waals surface area contributed by atoms with Gasteiger partial charge in [0.05, 0.1) is 35.5 Å². The molecule has 1 heterocycles. The van der Waals surface area contributed by atoms with Gasteiger partial charge in [0.25, 0.3) is 15.9 Å². The monoisotopic (exact) mass is 549 g/mol. The van der Waals surface area contributed by atoms with E-state index in [1.54, 1.807) is 37.3 Å². The molecule has 0 unspecified atom stereocenters. The molecule has 180 valence electrons. The predicted molar refractivity (Wildman–Crippen MR) is 132 cm³/mol. The van der Waals surface area contributed by atoms with Crippen molar-refractivity contribution in [1.82, 2.24) is 5.43 Å². The van der Waals surface area contributed by atoms with Crippen molar-refractivity contribution in [2.75, 3.05) is 25.1 Å². The average Bonchev–Trinajstić information content (AvgIpc) is 3.14. The second-order valence-electron chi connectivity index (χ2n) is 7.21. The van der Waals surface area contributed by atoms with E-state index in [1.165, 1.54) is 38.6 Å². The highest BCUT2D eigenvalue weighted by molar-refractivity contribution is 9.10. The summed E-state index contributed by atoms with van der Waals surface area (Å²) in [5.74, 6) is 1.12. The molecule has 2 aromatic carbocycles. The Morgan fingerprint density at radius 3 is 2.41 bits per heavy atom. The molecule has 0 spiro atoms. The number of carbonyl (C=O) groups excluding carboxylic acids is 1. The molecule has 0 fully saturated rings. The minimum Gasteiger partial charge on any atom is -0.497 e. The Morgan fingerprint density at radius 2 is 1.82 bits per heavy atom. The second-order valence-corrected chi connectivity index (χ2v) is 9.93. The number of anilines is 1. The zero-order valence-electron chi connectivity index (χ0n) is 19.0. The summed E-state index contributed by atoms with van der Waals surface area (Å²) in [5, 5.41) is 3.87. The number of amides is 1.